The van der Waals surface area contributed by atoms with Crippen molar-refractivity contribution in [3.05, 3.63) is 64.4 Å². The van der Waals surface area contributed by atoms with Crippen molar-refractivity contribution >= 4 is 21.6 Å². The number of para-hydroxylation sites is 1. The SMILES string of the molecule is N#Cc1ccc(CN2CCC[C@@H]2c2nc3ccccc3s2)c(F)c1. The quantitative estimate of drug-likeness (QED) is 0.699. The summed E-state index contributed by atoms with van der Waals surface area (Å²) in [5, 5.41) is 9.98. The second-order valence-electron chi connectivity index (χ2n) is 6.07. The van der Waals surface area contributed by atoms with E-state index in [4.69, 9.17) is 10.2 Å². The highest BCUT2D eigenvalue weighted by Gasteiger charge is 2.29. The first-order valence-corrected chi connectivity index (χ1v) is 8.84. The van der Waals surface area contributed by atoms with Crippen LogP contribution in [0.5, 0.6) is 0 Å². The summed E-state index contributed by atoms with van der Waals surface area (Å²) in [6.45, 7) is 1.50. The summed E-state index contributed by atoms with van der Waals surface area (Å²) >= 11 is 1.73. The molecule has 3 aromatic rings. The van der Waals surface area contributed by atoms with Crippen LogP contribution in [0, 0.1) is 17.1 Å². The van der Waals surface area contributed by atoms with Crippen molar-refractivity contribution in [2.75, 3.05) is 6.54 Å². The fourth-order valence-electron chi connectivity index (χ4n) is 3.29. The van der Waals surface area contributed by atoms with Gasteiger partial charge in [0.15, 0.2) is 0 Å². The molecule has 5 heteroatoms. The first kappa shape index (κ1) is 15.3. The molecule has 0 unspecified atom stereocenters. The maximum absolute atomic E-state index is 14.2. The summed E-state index contributed by atoms with van der Waals surface area (Å²) in [6, 6.07) is 15.1. The molecule has 3 nitrogen and oxygen atoms in total. The van der Waals surface area contributed by atoms with Gasteiger partial charge < -0.3 is 0 Å². The molecule has 0 amide bonds. The molecule has 1 aliphatic rings. The van der Waals surface area contributed by atoms with Gasteiger partial charge in [-0.05, 0) is 43.7 Å². The van der Waals surface area contributed by atoms with Crippen LogP contribution in [-0.2, 0) is 6.54 Å². The highest BCUT2D eigenvalue weighted by Crippen LogP contribution is 2.37. The number of hydrogen-bond donors (Lipinski definition) is 0. The number of rotatable bonds is 3. The molecule has 4 rings (SSSR count). The third-order valence-corrected chi connectivity index (χ3v) is 5.65. The molecule has 1 aromatic heterocycles. The van der Waals surface area contributed by atoms with E-state index in [-0.39, 0.29) is 11.9 Å². The van der Waals surface area contributed by atoms with Gasteiger partial charge in [0.05, 0.1) is 27.9 Å². The maximum Gasteiger partial charge on any atom is 0.129 e. The number of thiazole rings is 1. The van der Waals surface area contributed by atoms with Crippen LogP contribution in [0.25, 0.3) is 10.2 Å². The van der Waals surface area contributed by atoms with Gasteiger partial charge in [-0.2, -0.15) is 5.26 Å². The molecule has 0 radical (unpaired) electrons. The molecule has 0 aliphatic carbocycles. The number of nitrogens with zero attached hydrogens (tertiary/aromatic N) is 3. The molecule has 1 atom stereocenters. The van der Waals surface area contributed by atoms with E-state index in [1.165, 1.54) is 10.8 Å². The summed E-state index contributed by atoms with van der Waals surface area (Å²) in [6.07, 6.45) is 2.15. The van der Waals surface area contributed by atoms with Gasteiger partial charge in [0.2, 0.25) is 0 Å². The van der Waals surface area contributed by atoms with Crippen LogP contribution in [0.2, 0.25) is 0 Å². The Morgan fingerprint density at radius 2 is 2.17 bits per heavy atom. The minimum atomic E-state index is -0.302. The standard InChI is InChI=1S/C19H16FN3S/c20-15-10-13(11-21)7-8-14(15)12-23-9-3-5-17(23)19-22-16-4-1-2-6-18(16)24-19/h1-2,4,6-8,10,17H,3,5,9,12H2/t17-/m1/s1. The molecule has 0 spiro atoms. The van der Waals surface area contributed by atoms with Crippen molar-refractivity contribution < 1.29 is 4.39 Å². The highest BCUT2D eigenvalue weighted by molar-refractivity contribution is 7.18. The smallest absolute Gasteiger partial charge is 0.129 e. The predicted molar refractivity (Wildman–Crippen MR) is 93.1 cm³/mol. The summed E-state index contributed by atoms with van der Waals surface area (Å²) in [5.41, 5.74) is 2.04. The number of benzene rings is 2. The number of likely N-dealkylation sites (tertiary alicyclic amines) is 1. The van der Waals surface area contributed by atoms with Crippen LogP contribution in [0.3, 0.4) is 0 Å². The highest BCUT2D eigenvalue weighted by atomic mass is 32.1. The molecule has 1 aliphatic heterocycles. The van der Waals surface area contributed by atoms with E-state index in [2.05, 4.69) is 11.0 Å². The van der Waals surface area contributed by atoms with Gasteiger partial charge in [0.1, 0.15) is 10.8 Å². The fraction of sp³-hybridized carbons (Fsp3) is 0.263. The molecule has 120 valence electrons. The fourth-order valence-corrected chi connectivity index (χ4v) is 4.43. The van der Waals surface area contributed by atoms with E-state index >= 15 is 0 Å². The second kappa shape index (κ2) is 6.31. The van der Waals surface area contributed by atoms with E-state index in [0.29, 0.717) is 17.7 Å². The number of aromatic nitrogens is 1. The van der Waals surface area contributed by atoms with Crippen LogP contribution in [0.4, 0.5) is 4.39 Å². The minimum Gasteiger partial charge on any atom is -0.290 e. The number of hydrogen-bond acceptors (Lipinski definition) is 4. The molecule has 0 N–H and O–H groups in total. The normalized spacial score (nSPS) is 18.1. The number of nitriles is 1. The van der Waals surface area contributed by atoms with E-state index in [9.17, 15) is 4.39 Å². The van der Waals surface area contributed by atoms with Crippen LogP contribution in [0.1, 0.15) is 35.0 Å². The average molecular weight is 337 g/mol. The van der Waals surface area contributed by atoms with Crippen molar-refractivity contribution in [1.29, 1.82) is 5.26 Å². The summed E-state index contributed by atoms with van der Waals surface area (Å²) in [5.74, 6) is -0.302. The van der Waals surface area contributed by atoms with Crippen molar-refractivity contribution in [1.82, 2.24) is 9.88 Å². The molecule has 24 heavy (non-hydrogen) atoms. The maximum atomic E-state index is 14.2. The van der Waals surface area contributed by atoms with Crippen molar-refractivity contribution in [3.63, 3.8) is 0 Å². The Morgan fingerprint density at radius 1 is 1.29 bits per heavy atom. The molecule has 0 bridgehead atoms. The number of halogens is 1. The Kier molecular flexibility index (Phi) is 4.01. The van der Waals surface area contributed by atoms with Crippen molar-refractivity contribution in [2.45, 2.75) is 25.4 Å². The molecule has 0 saturated carbocycles. The zero-order valence-corrected chi connectivity index (χ0v) is 13.9. The Morgan fingerprint density at radius 3 is 2.96 bits per heavy atom. The van der Waals surface area contributed by atoms with Crippen LogP contribution < -0.4 is 0 Å². The molecule has 1 fully saturated rings. The van der Waals surface area contributed by atoms with Gasteiger partial charge >= 0.3 is 0 Å². The summed E-state index contributed by atoms with van der Waals surface area (Å²) < 4.78 is 15.4. The van der Waals surface area contributed by atoms with E-state index in [1.807, 2.05) is 24.3 Å². The first-order valence-electron chi connectivity index (χ1n) is 8.02. The Labute approximate surface area is 144 Å². The van der Waals surface area contributed by atoms with Crippen LogP contribution in [0.15, 0.2) is 42.5 Å². The largest absolute Gasteiger partial charge is 0.290 e. The van der Waals surface area contributed by atoms with Gasteiger partial charge in [-0.3, -0.25) is 4.90 Å². The van der Waals surface area contributed by atoms with Gasteiger partial charge in [0.25, 0.3) is 0 Å². The first-order chi connectivity index (χ1) is 11.7. The topological polar surface area (TPSA) is 39.9 Å². The van der Waals surface area contributed by atoms with Crippen LogP contribution in [-0.4, -0.2) is 16.4 Å². The van der Waals surface area contributed by atoms with E-state index < -0.39 is 0 Å². The van der Waals surface area contributed by atoms with E-state index in [0.717, 1.165) is 29.9 Å². The van der Waals surface area contributed by atoms with E-state index in [1.54, 1.807) is 23.5 Å². The zero-order valence-electron chi connectivity index (χ0n) is 13.1. The lowest BCUT2D eigenvalue weighted by molar-refractivity contribution is 0.245. The molecule has 1 saturated heterocycles. The second-order valence-corrected chi connectivity index (χ2v) is 7.13. The third kappa shape index (κ3) is 2.79. The average Bonchev–Trinajstić information content (AvgIpc) is 3.22. The van der Waals surface area contributed by atoms with Crippen LogP contribution >= 0.6 is 11.3 Å². The van der Waals surface area contributed by atoms with Crippen molar-refractivity contribution in [3.8, 4) is 6.07 Å². The number of fused-ring (bicyclic) bond motifs is 1. The molecular formula is C19H16FN3S. The van der Waals surface area contributed by atoms with Gasteiger partial charge in [-0.25, -0.2) is 9.37 Å². The predicted octanol–water partition coefficient (Wildman–Crippen LogP) is 4.64. The summed E-state index contributed by atoms with van der Waals surface area (Å²) in [7, 11) is 0. The van der Waals surface area contributed by atoms with Gasteiger partial charge in [-0.15, -0.1) is 11.3 Å². The lowest BCUT2D eigenvalue weighted by Crippen LogP contribution is -2.23. The van der Waals surface area contributed by atoms with Gasteiger partial charge in [-0.1, -0.05) is 18.2 Å². The van der Waals surface area contributed by atoms with Crippen molar-refractivity contribution in [2.24, 2.45) is 0 Å². The zero-order chi connectivity index (χ0) is 16.5. The molecule has 2 heterocycles. The Bertz CT molecular complexity index is 895. The Balaban J connectivity index is 1.60. The third-order valence-electron chi connectivity index (χ3n) is 4.51. The summed E-state index contributed by atoms with van der Waals surface area (Å²) in [4.78, 5) is 7.07. The lowest BCUT2D eigenvalue weighted by atomic mass is 10.1. The lowest BCUT2D eigenvalue weighted by Gasteiger charge is -2.23. The Hall–Kier alpha value is -2.29. The molecular weight excluding hydrogens is 321 g/mol. The van der Waals surface area contributed by atoms with Gasteiger partial charge in [0, 0.05) is 12.1 Å². The monoisotopic (exact) mass is 337 g/mol. The molecule has 2 aromatic carbocycles. The minimum absolute atomic E-state index is 0.248.